The van der Waals surface area contributed by atoms with Crippen LogP contribution < -0.4 is 10.1 Å². The number of anilines is 1. The van der Waals surface area contributed by atoms with Crippen molar-refractivity contribution in [2.24, 2.45) is 0 Å². The van der Waals surface area contributed by atoms with Gasteiger partial charge in [0, 0.05) is 6.07 Å². The van der Waals surface area contributed by atoms with Crippen LogP contribution in [-0.2, 0) is 0 Å². The Kier molecular flexibility index (Phi) is 3.79. The van der Waals surface area contributed by atoms with Gasteiger partial charge in [0.05, 0.1) is 29.6 Å². The maximum absolute atomic E-state index is 11.9. The molecule has 0 aliphatic carbocycles. The first kappa shape index (κ1) is 12.4. The Morgan fingerprint density at radius 3 is 2.67 bits per heavy atom. The first-order chi connectivity index (χ1) is 8.70. The predicted octanol–water partition coefficient (Wildman–Crippen LogP) is 3.00. The van der Waals surface area contributed by atoms with Crippen LogP contribution in [0.25, 0.3) is 0 Å². The van der Waals surface area contributed by atoms with E-state index in [-0.39, 0.29) is 5.91 Å². The van der Waals surface area contributed by atoms with Gasteiger partial charge < -0.3 is 10.1 Å². The van der Waals surface area contributed by atoms with Gasteiger partial charge in [-0.05, 0) is 18.2 Å². The van der Waals surface area contributed by atoms with Gasteiger partial charge in [-0.2, -0.15) is 0 Å². The third-order valence-corrected chi connectivity index (χ3v) is 2.65. The summed E-state index contributed by atoms with van der Waals surface area (Å²) in [4.78, 5) is 15.9. The van der Waals surface area contributed by atoms with E-state index in [1.54, 1.807) is 36.4 Å². The van der Waals surface area contributed by atoms with E-state index in [1.807, 2.05) is 0 Å². The van der Waals surface area contributed by atoms with Gasteiger partial charge in [-0.15, -0.1) is 0 Å². The summed E-state index contributed by atoms with van der Waals surface area (Å²) in [6.07, 6.45) is 1.52. The van der Waals surface area contributed by atoms with Crippen LogP contribution in [0.3, 0.4) is 0 Å². The Balaban J connectivity index is 2.14. The lowest BCUT2D eigenvalue weighted by molar-refractivity contribution is 0.102. The second-order valence-corrected chi connectivity index (χ2v) is 3.93. The zero-order valence-electron chi connectivity index (χ0n) is 9.68. The summed E-state index contributed by atoms with van der Waals surface area (Å²) in [6, 6.07) is 10.2. The molecule has 2 aromatic rings. The van der Waals surface area contributed by atoms with Crippen molar-refractivity contribution in [3.8, 4) is 5.88 Å². The molecule has 0 unspecified atom stereocenters. The third kappa shape index (κ3) is 2.78. The van der Waals surface area contributed by atoms with Crippen LogP contribution in [0.15, 0.2) is 42.6 Å². The maximum atomic E-state index is 11.9. The highest BCUT2D eigenvalue weighted by Crippen LogP contribution is 2.17. The lowest BCUT2D eigenvalue weighted by atomic mass is 10.2. The van der Waals surface area contributed by atoms with E-state index in [2.05, 4.69) is 10.3 Å². The fourth-order valence-electron chi connectivity index (χ4n) is 1.42. The smallest absolute Gasteiger partial charge is 0.257 e. The number of hydrogen-bond donors (Lipinski definition) is 1. The molecule has 5 heteroatoms. The molecule has 1 aromatic heterocycles. The molecule has 92 valence electrons. The standard InChI is InChI=1S/C13H11ClN2O2/c1-18-12-7-6-9(8-15-12)16-13(17)10-4-2-3-5-11(10)14/h2-8H,1H3,(H,16,17). The molecule has 0 radical (unpaired) electrons. The molecule has 2 rings (SSSR count). The summed E-state index contributed by atoms with van der Waals surface area (Å²) >= 11 is 5.94. The third-order valence-electron chi connectivity index (χ3n) is 2.32. The SMILES string of the molecule is COc1ccc(NC(=O)c2ccccc2Cl)cn1. The molecule has 1 aromatic carbocycles. The molecule has 0 atom stereocenters. The van der Waals surface area contributed by atoms with Crippen LogP contribution in [-0.4, -0.2) is 18.0 Å². The van der Waals surface area contributed by atoms with Crippen molar-refractivity contribution in [3.05, 3.63) is 53.2 Å². The van der Waals surface area contributed by atoms with Gasteiger partial charge in [-0.1, -0.05) is 23.7 Å². The summed E-state index contributed by atoms with van der Waals surface area (Å²) in [6.45, 7) is 0. The number of pyridine rings is 1. The van der Waals surface area contributed by atoms with Gasteiger partial charge >= 0.3 is 0 Å². The van der Waals surface area contributed by atoms with Crippen LogP contribution in [0.1, 0.15) is 10.4 Å². The second kappa shape index (κ2) is 5.51. The van der Waals surface area contributed by atoms with E-state index in [1.165, 1.54) is 13.3 Å². The Labute approximate surface area is 110 Å². The first-order valence-corrected chi connectivity index (χ1v) is 5.64. The highest BCUT2D eigenvalue weighted by molar-refractivity contribution is 6.34. The van der Waals surface area contributed by atoms with Gasteiger partial charge in [0.2, 0.25) is 5.88 Å². The highest BCUT2D eigenvalue weighted by atomic mass is 35.5. The van der Waals surface area contributed by atoms with Crippen molar-refractivity contribution >= 4 is 23.2 Å². The summed E-state index contributed by atoms with van der Waals surface area (Å²) in [5.41, 5.74) is 1.01. The largest absolute Gasteiger partial charge is 0.481 e. The number of carbonyl (C=O) groups is 1. The average molecular weight is 263 g/mol. The second-order valence-electron chi connectivity index (χ2n) is 3.52. The van der Waals surface area contributed by atoms with E-state index < -0.39 is 0 Å². The molecule has 0 aliphatic rings. The van der Waals surface area contributed by atoms with Crippen molar-refractivity contribution in [2.75, 3.05) is 12.4 Å². The van der Waals surface area contributed by atoms with E-state index in [9.17, 15) is 4.79 Å². The molecule has 0 bridgehead atoms. The number of nitrogens with one attached hydrogen (secondary N) is 1. The number of nitrogens with zero attached hydrogens (tertiary/aromatic N) is 1. The van der Waals surface area contributed by atoms with Gasteiger partial charge in [0.15, 0.2) is 0 Å². The van der Waals surface area contributed by atoms with Crippen LogP contribution >= 0.6 is 11.6 Å². The lowest BCUT2D eigenvalue weighted by Crippen LogP contribution is -2.12. The number of halogens is 1. The van der Waals surface area contributed by atoms with E-state index in [4.69, 9.17) is 16.3 Å². The number of benzene rings is 1. The van der Waals surface area contributed by atoms with Gasteiger partial charge in [0.1, 0.15) is 0 Å². The summed E-state index contributed by atoms with van der Waals surface area (Å²) in [7, 11) is 1.53. The van der Waals surface area contributed by atoms with Gasteiger partial charge in [-0.25, -0.2) is 4.98 Å². The molecule has 0 saturated carbocycles. The fourth-order valence-corrected chi connectivity index (χ4v) is 1.64. The van der Waals surface area contributed by atoms with Crippen LogP contribution in [0.4, 0.5) is 5.69 Å². The Morgan fingerprint density at radius 2 is 2.06 bits per heavy atom. The molecular weight excluding hydrogens is 252 g/mol. The molecule has 1 amide bonds. The Hall–Kier alpha value is -2.07. The number of aromatic nitrogens is 1. The van der Waals surface area contributed by atoms with E-state index in [0.29, 0.717) is 22.2 Å². The Morgan fingerprint density at radius 1 is 1.28 bits per heavy atom. The number of ether oxygens (including phenoxy) is 1. The monoisotopic (exact) mass is 262 g/mol. The predicted molar refractivity (Wildman–Crippen MR) is 70.2 cm³/mol. The quantitative estimate of drug-likeness (QED) is 0.925. The minimum Gasteiger partial charge on any atom is -0.481 e. The van der Waals surface area contributed by atoms with E-state index >= 15 is 0 Å². The molecule has 18 heavy (non-hydrogen) atoms. The highest BCUT2D eigenvalue weighted by Gasteiger charge is 2.09. The number of hydrogen-bond acceptors (Lipinski definition) is 3. The number of methoxy groups -OCH3 is 1. The Bertz CT molecular complexity index is 555. The van der Waals surface area contributed by atoms with Crippen LogP contribution in [0, 0.1) is 0 Å². The fraction of sp³-hybridized carbons (Fsp3) is 0.0769. The first-order valence-electron chi connectivity index (χ1n) is 5.26. The van der Waals surface area contributed by atoms with Crippen molar-refractivity contribution in [1.29, 1.82) is 0 Å². The van der Waals surface area contributed by atoms with E-state index in [0.717, 1.165) is 0 Å². The molecule has 1 heterocycles. The summed E-state index contributed by atoms with van der Waals surface area (Å²) in [5.74, 6) is 0.221. The van der Waals surface area contributed by atoms with Crippen molar-refractivity contribution in [3.63, 3.8) is 0 Å². The molecule has 0 fully saturated rings. The zero-order valence-corrected chi connectivity index (χ0v) is 10.4. The lowest BCUT2D eigenvalue weighted by Gasteiger charge is -2.06. The number of rotatable bonds is 3. The maximum Gasteiger partial charge on any atom is 0.257 e. The zero-order chi connectivity index (χ0) is 13.0. The normalized spacial score (nSPS) is 9.89. The van der Waals surface area contributed by atoms with Gasteiger partial charge in [0.25, 0.3) is 5.91 Å². The van der Waals surface area contributed by atoms with Gasteiger partial charge in [-0.3, -0.25) is 4.79 Å². The molecule has 4 nitrogen and oxygen atoms in total. The number of amides is 1. The van der Waals surface area contributed by atoms with Crippen molar-refractivity contribution < 1.29 is 9.53 Å². The molecule has 1 N–H and O–H groups in total. The summed E-state index contributed by atoms with van der Waals surface area (Å²) < 4.78 is 4.93. The minimum absolute atomic E-state index is 0.271. The van der Waals surface area contributed by atoms with Crippen LogP contribution in [0.5, 0.6) is 5.88 Å². The average Bonchev–Trinajstić information content (AvgIpc) is 2.40. The van der Waals surface area contributed by atoms with Crippen molar-refractivity contribution in [1.82, 2.24) is 4.98 Å². The number of carbonyl (C=O) groups excluding carboxylic acids is 1. The minimum atomic E-state index is -0.271. The molecule has 0 saturated heterocycles. The topological polar surface area (TPSA) is 51.2 Å². The van der Waals surface area contributed by atoms with Crippen LogP contribution in [0.2, 0.25) is 5.02 Å². The molecule has 0 spiro atoms. The molecular formula is C13H11ClN2O2. The molecule has 0 aliphatic heterocycles. The van der Waals surface area contributed by atoms with Crippen molar-refractivity contribution in [2.45, 2.75) is 0 Å². The summed E-state index contributed by atoms with van der Waals surface area (Å²) in [5, 5.41) is 3.12.